The summed E-state index contributed by atoms with van der Waals surface area (Å²) < 4.78 is 0.895. The van der Waals surface area contributed by atoms with E-state index in [2.05, 4.69) is 27.5 Å². The van der Waals surface area contributed by atoms with Crippen molar-refractivity contribution in [1.29, 1.82) is 0 Å². The molecule has 1 aliphatic heterocycles. The molecule has 1 saturated carbocycles. The highest BCUT2D eigenvalue weighted by Gasteiger charge is 2.40. The smallest absolute Gasteiger partial charge is 0.293 e. The molecule has 20 heavy (non-hydrogen) atoms. The molecule has 0 aromatic heterocycles. The predicted octanol–water partition coefficient (Wildman–Crippen LogP) is 2.76. The van der Waals surface area contributed by atoms with Crippen LogP contribution in [0.1, 0.15) is 19.3 Å². The van der Waals surface area contributed by atoms with Gasteiger partial charge in [0.05, 0.1) is 4.92 Å². The van der Waals surface area contributed by atoms with E-state index in [9.17, 15) is 10.1 Å². The van der Waals surface area contributed by atoms with Crippen LogP contribution in [0.4, 0.5) is 11.4 Å². The van der Waals surface area contributed by atoms with Gasteiger partial charge in [-0.15, -0.1) is 0 Å². The Morgan fingerprint density at radius 2 is 2.15 bits per heavy atom. The highest BCUT2D eigenvalue weighted by Crippen LogP contribution is 2.40. The van der Waals surface area contributed by atoms with Gasteiger partial charge in [0.2, 0.25) is 0 Å². The number of benzene rings is 1. The normalized spacial score (nSPS) is 29.3. The van der Waals surface area contributed by atoms with Gasteiger partial charge in [-0.05, 0) is 59.4 Å². The average Bonchev–Trinajstić information content (AvgIpc) is 2.84. The largest absolute Gasteiger partial charge is 0.365 e. The van der Waals surface area contributed by atoms with E-state index in [1.807, 2.05) is 12.1 Å². The maximum absolute atomic E-state index is 11.3. The molecule has 5 nitrogen and oxygen atoms in total. The van der Waals surface area contributed by atoms with Crippen LogP contribution in [0.25, 0.3) is 0 Å². The molecule has 3 unspecified atom stereocenters. The molecule has 2 aliphatic rings. The summed E-state index contributed by atoms with van der Waals surface area (Å²) >= 11 is 2.11. The number of halogens is 1. The van der Waals surface area contributed by atoms with Gasteiger partial charge >= 0.3 is 0 Å². The molecule has 3 atom stereocenters. The van der Waals surface area contributed by atoms with E-state index in [1.165, 1.54) is 12.8 Å². The molecule has 1 aromatic carbocycles. The summed E-state index contributed by atoms with van der Waals surface area (Å²) in [5.41, 5.74) is 7.18. The van der Waals surface area contributed by atoms with Crippen molar-refractivity contribution >= 4 is 34.0 Å². The molecule has 1 heterocycles. The summed E-state index contributed by atoms with van der Waals surface area (Å²) in [4.78, 5) is 13.1. The Balaban J connectivity index is 1.89. The summed E-state index contributed by atoms with van der Waals surface area (Å²) in [6, 6.07) is 5.72. The van der Waals surface area contributed by atoms with E-state index in [0.29, 0.717) is 11.8 Å². The van der Waals surface area contributed by atoms with E-state index < -0.39 is 0 Å². The molecule has 0 bridgehead atoms. The molecule has 0 spiro atoms. The van der Waals surface area contributed by atoms with Gasteiger partial charge in [-0.3, -0.25) is 10.1 Å². The first-order valence-corrected chi connectivity index (χ1v) is 8.08. The molecule has 0 radical (unpaired) electrons. The lowest BCUT2D eigenvalue weighted by Crippen LogP contribution is -2.38. The number of hydrogen-bond acceptors (Lipinski definition) is 4. The van der Waals surface area contributed by atoms with Gasteiger partial charge < -0.3 is 10.6 Å². The summed E-state index contributed by atoms with van der Waals surface area (Å²) in [7, 11) is 0. The molecule has 1 aromatic rings. The molecule has 0 amide bonds. The summed E-state index contributed by atoms with van der Waals surface area (Å²) in [6.45, 7) is 1.76. The van der Waals surface area contributed by atoms with Crippen LogP contribution in [0.5, 0.6) is 0 Å². The van der Waals surface area contributed by atoms with Gasteiger partial charge in [0.1, 0.15) is 5.69 Å². The Hall–Kier alpha value is -0.890. The van der Waals surface area contributed by atoms with E-state index in [0.717, 1.165) is 28.8 Å². The first-order valence-electron chi connectivity index (χ1n) is 7.00. The lowest BCUT2D eigenvalue weighted by molar-refractivity contribution is -0.384. The highest BCUT2D eigenvalue weighted by atomic mass is 127. The maximum atomic E-state index is 11.3. The van der Waals surface area contributed by atoms with Crippen LogP contribution in [-0.4, -0.2) is 24.1 Å². The number of hydrogen-bond donors (Lipinski definition) is 1. The van der Waals surface area contributed by atoms with Crippen LogP contribution >= 0.6 is 22.6 Å². The molecular formula is C14H18IN3O2. The number of anilines is 1. The van der Waals surface area contributed by atoms with Crippen LogP contribution in [-0.2, 0) is 0 Å². The molecule has 6 heteroatoms. The lowest BCUT2D eigenvalue weighted by atomic mass is 9.78. The number of nitrogens with two attached hydrogens (primary N) is 1. The zero-order valence-corrected chi connectivity index (χ0v) is 13.3. The van der Waals surface area contributed by atoms with Crippen molar-refractivity contribution in [3.8, 4) is 0 Å². The highest BCUT2D eigenvalue weighted by molar-refractivity contribution is 14.1. The second-order valence-corrected chi connectivity index (χ2v) is 7.06. The molecule has 2 N–H and O–H groups in total. The predicted molar refractivity (Wildman–Crippen MR) is 86.8 cm³/mol. The van der Waals surface area contributed by atoms with Crippen molar-refractivity contribution in [3.05, 3.63) is 31.9 Å². The topological polar surface area (TPSA) is 72.4 Å². The second-order valence-electron chi connectivity index (χ2n) is 5.81. The Kier molecular flexibility index (Phi) is 3.85. The van der Waals surface area contributed by atoms with Crippen LogP contribution in [0.2, 0.25) is 0 Å². The Bertz CT molecular complexity index is 537. The number of nitro benzene ring substituents is 1. The fourth-order valence-corrected chi connectivity index (χ4v) is 4.10. The summed E-state index contributed by atoms with van der Waals surface area (Å²) in [6.07, 6.45) is 3.47. The van der Waals surface area contributed by atoms with Gasteiger partial charge in [-0.25, -0.2) is 0 Å². The van der Waals surface area contributed by atoms with E-state index in [-0.39, 0.29) is 16.7 Å². The fourth-order valence-electron chi connectivity index (χ4n) is 3.62. The van der Waals surface area contributed by atoms with Gasteiger partial charge in [0.15, 0.2) is 0 Å². The fraction of sp³-hybridized carbons (Fsp3) is 0.571. The van der Waals surface area contributed by atoms with Crippen molar-refractivity contribution < 1.29 is 4.92 Å². The molecule has 1 saturated heterocycles. The number of rotatable bonds is 2. The molecule has 108 valence electrons. The number of nitrogens with zero attached hydrogens (tertiary/aromatic N) is 2. The van der Waals surface area contributed by atoms with Crippen LogP contribution in [0, 0.1) is 25.5 Å². The zero-order valence-electron chi connectivity index (χ0n) is 11.2. The molecular weight excluding hydrogens is 369 g/mol. The summed E-state index contributed by atoms with van der Waals surface area (Å²) in [5, 5.41) is 11.3. The first-order chi connectivity index (χ1) is 9.56. The van der Waals surface area contributed by atoms with E-state index in [1.54, 1.807) is 6.07 Å². The minimum Gasteiger partial charge on any atom is -0.365 e. The Morgan fingerprint density at radius 1 is 1.35 bits per heavy atom. The van der Waals surface area contributed by atoms with Gasteiger partial charge in [-0.2, -0.15) is 0 Å². The Morgan fingerprint density at radius 3 is 2.85 bits per heavy atom. The quantitative estimate of drug-likeness (QED) is 0.481. The molecule has 3 rings (SSSR count). The first kappa shape index (κ1) is 14.1. The molecule has 1 aliphatic carbocycles. The third-order valence-corrected chi connectivity index (χ3v) is 5.30. The van der Waals surface area contributed by atoms with Crippen LogP contribution in [0.3, 0.4) is 0 Å². The van der Waals surface area contributed by atoms with Crippen molar-refractivity contribution in [3.63, 3.8) is 0 Å². The van der Waals surface area contributed by atoms with E-state index in [4.69, 9.17) is 5.73 Å². The summed E-state index contributed by atoms with van der Waals surface area (Å²) in [5.74, 6) is 1.08. The third-order valence-electron chi connectivity index (χ3n) is 4.63. The van der Waals surface area contributed by atoms with Crippen LogP contribution < -0.4 is 10.6 Å². The van der Waals surface area contributed by atoms with E-state index >= 15 is 0 Å². The molecule has 2 fully saturated rings. The number of nitro groups is 1. The van der Waals surface area contributed by atoms with Crippen LogP contribution in [0.15, 0.2) is 18.2 Å². The zero-order chi connectivity index (χ0) is 14.3. The monoisotopic (exact) mass is 387 g/mol. The SMILES string of the molecule is NC1CCCC2CN(c3ccc(I)cc3[N+](=O)[O-])CC12. The standard InChI is InChI=1S/C14H18IN3O2/c15-10-4-5-13(14(6-10)18(19)20)17-7-9-2-1-3-12(16)11(9)8-17/h4-6,9,11-12H,1-3,7-8,16H2. The minimum atomic E-state index is -0.278. The third kappa shape index (κ3) is 2.50. The average molecular weight is 387 g/mol. The Labute approximate surface area is 131 Å². The lowest BCUT2D eigenvalue weighted by Gasteiger charge is -2.29. The second kappa shape index (κ2) is 5.48. The van der Waals surface area contributed by atoms with Crippen molar-refractivity contribution in [1.82, 2.24) is 0 Å². The van der Waals surface area contributed by atoms with Gasteiger partial charge in [-0.1, -0.05) is 6.42 Å². The van der Waals surface area contributed by atoms with Crippen molar-refractivity contribution in [2.75, 3.05) is 18.0 Å². The van der Waals surface area contributed by atoms with Gasteiger partial charge in [0, 0.05) is 28.8 Å². The van der Waals surface area contributed by atoms with Gasteiger partial charge in [0.25, 0.3) is 5.69 Å². The minimum absolute atomic E-state index is 0.212. The van der Waals surface area contributed by atoms with Crippen molar-refractivity contribution in [2.24, 2.45) is 17.6 Å². The van der Waals surface area contributed by atoms with Crippen molar-refractivity contribution in [2.45, 2.75) is 25.3 Å². The maximum Gasteiger partial charge on any atom is 0.293 e. The number of fused-ring (bicyclic) bond motifs is 1.